The molecule has 0 fully saturated rings. The molecule has 0 spiro atoms. The van der Waals surface area contributed by atoms with Crippen molar-refractivity contribution in [1.82, 2.24) is 4.57 Å². The lowest BCUT2D eigenvalue weighted by molar-refractivity contribution is 0.426. The van der Waals surface area contributed by atoms with E-state index in [1.807, 2.05) is 0 Å². The molecule has 0 unspecified atom stereocenters. The van der Waals surface area contributed by atoms with Gasteiger partial charge in [-0.25, -0.2) is 0 Å². The zero-order valence-electron chi connectivity index (χ0n) is 8.48. The number of halogens is 1. The van der Waals surface area contributed by atoms with Crippen LogP contribution in [0.3, 0.4) is 0 Å². The van der Waals surface area contributed by atoms with Crippen molar-refractivity contribution in [1.29, 1.82) is 0 Å². The van der Waals surface area contributed by atoms with Gasteiger partial charge >= 0.3 is 0 Å². The van der Waals surface area contributed by atoms with Crippen LogP contribution in [0.1, 0.15) is 39.5 Å². The van der Waals surface area contributed by atoms with E-state index >= 15 is 0 Å². The minimum Gasteiger partial charge on any atom is -0.331 e. The van der Waals surface area contributed by atoms with Crippen LogP contribution >= 0.6 is 15.3 Å². The van der Waals surface area contributed by atoms with Crippen molar-refractivity contribution in [2.75, 3.05) is 13.1 Å². The highest BCUT2D eigenvalue weighted by atomic mass is 79.9. The second-order valence-electron chi connectivity index (χ2n) is 3.24. The Balaban J connectivity index is 3.40. The Kier molecular flexibility index (Phi) is 10.7. The first-order valence-corrected chi connectivity index (χ1v) is 13.7. The number of unbranched alkanes of at least 4 members (excludes halogenated alkanes) is 2. The minimum absolute atomic E-state index is 0.184. The van der Waals surface area contributed by atoms with E-state index in [4.69, 9.17) is 0 Å². The van der Waals surface area contributed by atoms with E-state index in [1.165, 1.54) is 38.8 Å². The largest absolute Gasteiger partial charge is 0.331 e. The predicted molar refractivity (Wildman–Crippen MR) is 67.4 cm³/mol. The third kappa shape index (κ3) is 7.52. The van der Waals surface area contributed by atoms with Gasteiger partial charge in [0.2, 0.25) is 0 Å². The standard InChI is InChI=1S/C8H22BrNSi2/c1-3-5-7-10(12-11-9)8-6-4-2/h3-8,11-12H2,1-2H3. The maximum absolute atomic E-state index is 3.69. The quantitative estimate of drug-likeness (QED) is 0.475. The van der Waals surface area contributed by atoms with Crippen molar-refractivity contribution < 1.29 is 0 Å². The molecule has 0 aromatic carbocycles. The van der Waals surface area contributed by atoms with Crippen molar-refractivity contribution in [3.63, 3.8) is 0 Å². The molecule has 4 heteroatoms. The highest BCUT2D eigenvalue weighted by Crippen LogP contribution is 1.97. The summed E-state index contributed by atoms with van der Waals surface area (Å²) in [6.45, 7) is 7.32. The van der Waals surface area contributed by atoms with Crippen LogP contribution in [0.25, 0.3) is 0 Å². The minimum atomic E-state index is 0.184. The lowest BCUT2D eigenvalue weighted by atomic mass is 10.3. The van der Waals surface area contributed by atoms with E-state index in [-0.39, 0.29) is 16.9 Å². The van der Waals surface area contributed by atoms with E-state index < -0.39 is 0 Å². The first kappa shape index (κ1) is 12.9. The second-order valence-corrected chi connectivity index (χ2v) is 14.6. The first-order valence-electron chi connectivity index (χ1n) is 5.13. The zero-order valence-corrected chi connectivity index (χ0v) is 12.9. The van der Waals surface area contributed by atoms with E-state index in [9.17, 15) is 0 Å². The molecule has 0 aliphatic heterocycles. The summed E-state index contributed by atoms with van der Waals surface area (Å²) < 4.78 is 2.76. The normalized spacial score (nSPS) is 13.0. The van der Waals surface area contributed by atoms with Crippen LogP contribution in [0, 0.1) is 0 Å². The average Bonchev–Trinajstić information content (AvgIpc) is 2.10. The molecule has 0 N–H and O–H groups in total. The van der Waals surface area contributed by atoms with E-state index in [1.54, 1.807) is 0 Å². The molecule has 0 aromatic rings. The summed E-state index contributed by atoms with van der Waals surface area (Å²) in [6.07, 6.45) is 5.50. The maximum atomic E-state index is 3.69. The number of hydrogen-bond acceptors (Lipinski definition) is 1. The molecule has 0 heterocycles. The molecule has 0 rings (SSSR count). The van der Waals surface area contributed by atoms with Crippen molar-refractivity contribution in [3.05, 3.63) is 0 Å². The fourth-order valence-corrected chi connectivity index (χ4v) is 8.92. The van der Waals surface area contributed by atoms with Crippen molar-refractivity contribution in [3.8, 4) is 0 Å². The number of rotatable bonds is 8. The molecule has 12 heavy (non-hydrogen) atoms. The number of hydrogen-bond donors (Lipinski definition) is 0. The second kappa shape index (κ2) is 9.96. The molecule has 0 bridgehead atoms. The molecule has 0 aliphatic carbocycles. The van der Waals surface area contributed by atoms with Gasteiger partial charge in [0.25, 0.3) is 0 Å². The summed E-state index contributed by atoms with van der Waals surface area (Å²) in [4.78, 5) is 0. The lowest BCUT2D eigenvalue weighted by Crippen LogP contribution is -2.32. The summed E-state index contributed by atoms with van der Waals surface area (Å²) in [5.41, 5.74) is 0. The summed E-state index contributed by atoms with van der Waals surface area (Å²) in [7, 11) is 0.372. The van der Waals surface area contributed by atoms with Gasteiger partial charge in [-0.05, 0) is 25.9 Å². The Labute approximate surface area is 89.4 Å². The van der Waals surface area contributed by atoms with Crippen LogP contribution in [0.15, 0.2) is 0 Å². The molecular formula is C8H22BrNSi2. The first-order chi connectivity index (χ1) is 5.85. The summed E-state index contributed by atoms with van der Waals surface area (Å²) in [5, 5.41) is 0. The highest BCUT2D eigenvalue weighted by Gasteiger charge is 2.02. The maximum Gasteiger partial charge on any atom is 0.102 e. The third-order valence-corrected chi connectivity index (χ3v) is 9.09. The fraction of sp³-hybridized carbons (Fsp3) is 1.00. The van der Waals surface area contributed by atoms with Gasteiger partial charge in [0.1, 0.15) is 7.66 Å². The van der Waals surface area contributed by atoms with Gasteiger partial charge in [0, 0.05) is 0 Å². The van der Waals surface area contributed by atoms with Crippen molar-refractivity contribution >= 4 is 32.1 Å². The van der Waals surface area contributed by atoms with Gasteiger partial charge in [-0.3, -0.25) is 0 Å². The topological polar surface area (TPSA) is 3.24 Å². The Morgan fingerprint density at radius 2 is 1.58 bits per heavy atom. The Morgan fingerprint density at radius 1 is 1.08 bits per heavy atom. The van der Waals surface area contributed by atoms with E-state index in [2.05, 4.69) is 33.7 Å². The van der Waals surface area contributed by atoms with Gasteiger partial charge < -0.3 is 4.57 Å². The summed E-state index contributed by atoms with van der Waals surface area (Å²) in [6, 6.07) is 0. The van der Waals surface area contributed by atoms with Crippen LogP contribution in [-0.2, 0) is 0 Å². The smallest absolute Gasteiger partial charge is 0.102 e. The number of nitrogens with zero attached hydrogens (tertiary/aromatic N) is 1. The fourth-order valence-electron chi connectivity index (χ4n) is 1.22. The summed E-state index contributed by atoms with van der Waals surface area (Å²) in [5.74, 6) is 0. The highest BCUT2D eigenvalue weighted by molar-refractivity contribution is 9.24. The SMILES string of the molecule is CCCCN(CCCC)[SiH2][SiH2]Br. The third-order valence-electron chi connectivity index (χ3n) is 2.06. The van der Waals surface area contributed by atoms with Gasteiger partial charge in [-0.2, -0.15) is 0 Å². The van der Waals surface area contributed by atoms with Crippen LogP contribution in [0.4, 0.5) is 0 Å². The van der Waals surface area contributed by atoms with Crippen molar-refractivity contribution in [2.24, 2.45) is 0 Å². The molecule has 0 amide bonds. The Bertz CT molecular complexity index is 85.1. The van der Waals surface area contributed by atoms with Gasteiger partial charge in [0.15, 0.2) is 0 Å². The monoisotopic (exact) mass is 267 g/mol. The van der Waals surface area contributed by atoms with Crippen LogP contribution in [-0.4, -0.2) is 34.5 Å². The molecule has 74 valence electrons. The Morgan fingerprint density at radius 3 is 1.92 bits per heavy atom. The average molecular weight is 268 g/mol. The molecule has 0 aromatic heterocycles. The van der Waals surface area contributed by atoms with Crippen LogP contribution in [0.5, 0.6) is 0 Å². The van der Waals surface area contributed by atoms with E-state index in [0.717, 1.165) is 0 Å². The molecule has 1 nitrogen and oxygen atoms in total. The molecule has 0 radical (unpaired) electrons. The predicted octanol–water partition coefficient (Wildman–Crippen LogP) is 1.37. The lowest BCUT2D eigenvalue weighted by Gasteiger charge is -2.20. The molecule has 0 saturated heterocycles. The molecule has 0 atom stereocenters. The molecule has 0 aliphatic rings. The van der Waals surface area contributed by atoms with Crippen LogP contribution < -0.4 is 0 Å². The Hall–Kier alpha value is 0.874. The van der Waals surface area contributed by atoms with E-state index in [0.29, 0.717) is 0 Å². The van der Waals surface area contributed by atoms with Gasteiger partial charge in [-0.1, -0.05) is 26.7 Å². The van der Waals surface area contributed by atoms with Gasteiger partial charge in [-0.15, -0.1) is 15.3 Å². The van der Waals surface area contributed by atoms with Crippen LogP contribution in [0.2, 0.25) is 0 Å². The van der Waals surface area contributed by atoms with Gasteiger partial charge in [0.05, 0.1) is 9.20 Å². The summed E-state index contributed by atoms with van der Waals surface area (Å²) >= 11 is 3.69. The molecular weight excluding hydrogens is 246 g/mol. The van der Waals surface area contributed by atoms with Crippen molar-refractivity contribution in [2.45, 2.75) is 39.5 Å². The zero-order chi connectivity index (χ0) is 9.23. The molecule has 0 saturated carbocycles.